The zero-order valence-corrected chi connectivity index (χ0v) is 14.3. The third-order valence-electron chi connectivity index (χ3n) is 3.31. The summed E-state index contributed by atoms with van der Waals surface area (Å²) in [5, 5.41) is 5.41. The molecule has 0 heterocycles. The van der Waals surface area contributed by atoms with Crippen molar-refractivity contribution in [1.29, 1.82) is 0 Å². The van der Waals surface area contributed by atoms with E-state index in [1.54, 1.807) is 62.8 Å². The molecular formula is C19H20N2O4. The van der Waals surface area contributed by atoms with Crippen LogP contribution >= 0.6 is 0 Å². The number of methoxy groups -OCH3 is 2. The second-order valence-corrected chi connectivity index (χ2v) is 5.19. The lowest BCUT2D eigenvalue weighted by Gasteiger charge is -2.08. The van der Waals surface area contributed by atoms with Crippen LogP contribution in [0.4, 0.5) is 11.4 Å². The van der Waals surface area contributed by atoms with Crippen LogP contribution in [0.3, 0.4) is 0 Å². The lowest BCUT2D eigenvalue weighted by molar-refractivity contribution is -0.114. The van der Waals surface area contributed by atoms with Gasteiger partial charge in [-0.15, -0.1) is 0 Å². The highest BCUT2D eigenvalue weighted by molar-refractivity contribution is 6.02. The monoisotopic (exact) mass is 340 g/mol. The molecule has 2 aromatic rings. The van der Waals surface area contributed by atoms with Crippen molar-refractivity contribution in [3.05, 3.63) is 54.1 Å². The molecule has 2 amide bonds. The van der Waals surface area contributed by atoms with Gasteiger partial charge in [0.25, 0.3) is 0 Å². The van der Waals surface area contributed by atoms with Crippen molar-refractivity contribution in [3.8, 4) is 11.5 Å². The number of rotatable bonds is 6. The first-order valence-electron chi connectivity index (χ1n) is 7.60. The molecule has 0 spiro atoms. The smallest absolute Gasteiger partial charge is 0.248 e. The molecule has 0 radical (unpaired) electrons. The highest BCUT2D eigenvalue weighted by Crippen LogP contribution is 2.25. The van der Waals surface area contributed by atoms with Crippen molar-refractivity contribution < 1.29 is 19.1 Å². The van der Waals surface area contributed by atoms with Crippen LogP contribution < -0.4 is 20.1 Å². The van der Waals surface area contributed by atoms with Gasteiger partial charge in [0.15, 0.2) is 0 Å². The maximum atomic E-state index is 12.1. The van der Waals surface area contributed by atoms with Crippen LogP contribution in [0.5, 0.6) is 11.5 Å². The fourth-order valence-electron chi connectivity index (χ4n) is 2.18. The third kappa shape index (κ3) is 5.39. The summed E-state index contributed by atoms with van der Waals surface area (Å²) in [6.07, 6.45) is 3.07. The van der Waals surface area contributed by atoms with E-state index in [2.05, 4.69) is 10.6 Å². The number of nitrogens with one attached hydrogen (secondary N) is 2. The predicted octanol–water partition coefficient (Wildman–Crippen LogP) is 3.31. The summed E-state index contributed by atoms with van der Waals surface area (Å²) in [7, 11) is 3.13. The van der Waals surface area contributed by atoms with Gasteiger partial charge in [-0.3, -0.25) is 9.59 Å². The Morgan fingerprint density at radius 3 is 2.32 bits per heavy atom. The van der Waals surface area contributed by atoms with Crippen molar-refractivity contribution in [2.75, 3.05) is 24.9 Å². The molecule has 0 aliphatic rings. The quantitative estimate of drug-likeness (QED) is 0.791. The first-order chi connectivity index (χ1) is 12.0. The van der Waals surface area contributed by atoms with E-state index >= 15 is 0 Å². The van der Waals surface area contributed by atoms with Crippen LogP contribution in [0.1, 0.15) is 12.5 Å². The average Bonchev–Trinajstić information content (AvgIpc) is 2.59. The molecule has 2 rings (SSSR count). The summed E-state index contributed by atoms with van der Waals surface area (Å²) >= 11 is 0. The van der Waals surface area contributed by atoms with Crippen LogP contribution in [0.15, 0.2) is 48.5 Å². The second kappa shape index (κ2) is 8.54. The zero-order valence-electron chi connectivity index (χ0n) is 14.3. The average molecular weight is 340 g/mol. The fourth-order valence-corrected chi connectivity index (χ4v) is 2.18. The Bertz CT molecular complexity index is 800. The van der Waals surface area contributed by atoms with E-state index in [-0.39, 0.29) is 11.8 Å². The van der Waals surface area contributed by atoms with Crippen LogP contribution in [-0.2, 0) is 9.59 Å². The van der Waals surface area contributed by atoms with Gasteiger partial charge in [-0.2, -0.15) is 0 Å². The number of ether oxygens (including phenoxy) is 2. The first kappa shape index (κ1) is 18.1. The molecule has 6 heteroatoms. The van der Waals surface area contributed by atoms with Crippen LogP contribution in [0, 0.1) is 0 Å². The molecule has 2 N–H and O–H groups in total. The topological polar surface area (TPSA) is 76.7 Å². The van der Waals surface area contributed by atoms with E-state index in [0.717, 1.165) is 5.56 Å². The van der Waals surface area contributed by atoms with E-state index in [0.29, 0.717) is 22.9 Å². The van der Waals surface area contributed by atoms with Crippen molar-refractivity contribution in [1.82, 2.24) is 0 Å². The molecule has 0 fully saturated rings. The lowest BCUT2D eigenvalue weighted by atomic mass is 10.1. The maximum Gasteiger partial charge on any atom is 0.248 e. The minimum atomic E-state index is -0.294. The summed E-state index contributed by atoms with van der Waals surface area (Å²) in [5.41, 5.74) is 1.96. The molecule has 0 bridgehead atoms. The van der Waals surface area contributed by atoms with Gasteiger partial charge < -0.3 is 20.1 Å². The minimum absolute atomic E-state index is 0.171. The summed E-state index contributed by atoms with van der Waals surface area (Å²) in [6, 6.07) is 12.3. The maximum absolute atomic E-state index is 12.1. The number of anilines is 2. The Morgan fingerprint density at radius 2 is 1.68 bits per heavy atom. The highest BCUT2D eigenvalue weighted by atomic mass is 16.5. The molecule has 0 unspecified atom stereocenters. The van der Waals surface area contributed by atoms with Gasteiger partial charge >= 0.3 is 0 Å². The third-order valence-corrected chi connectivity index (χ3v) is 3.31. The van der Waals surface area contributed by atoms with Gasteiger partial charge in [-0.05, 0) is 36.4 Å². The van der Waals surface area contributed by atoms with Crippen molar-refractivity contribution >= 4 is 29.3 Å². The molecule has 130 valence electrons. The van der Waals surface area contributed by atoms with E-state index in [1.165, 1.54) is 13.0 Å². The Hall–Kier alpha value is -3.28. The molecule has 0 aromatic heterocycles. The molecule has 0 aliphatic heterocycles. The van der Waals surface area contributed by atoms with Crippen molar-refractivity contribution in [3.63, 3.8) is 0 Å². The summed E-state index contributed by atoms with van der Waals surface area (Å²) < 4.78 is 10.4. The van der Waals surface area contributed by atoms with Gasteiger partial charge in [-0.1, -0.05) is 6.07 Å². The predicted molar refractivity (Wildman–Crippen MR) is 98.0 cm³/mol. The highest BCUT2D eigenvalue weighted by Gasteiger charge is 2.04. The number of amides is 2. The molecule has 0 saturated carbocycles. The minimum Gasteiger partial charge on any atom is -0.497 e. The summed E-state index contributed by atoms with van der Waals surface area (Å²) in [5.74, 6) is 0.817. The van der Waals surface area contributed by atoms with Gasteiger partial charge in [0.1, 0.15) is 11.5 Å². The lowest BCUT2D eigenvalue weighted by Crippen LogP contribution is -2.09. The Balaban J connectivity index is 2.07. The van der Waals surface area contributed by atoms with Gasteiger partial charge in [0.2, 0.25) is 11.8 Å². The first-order valence-corrected chi connectivity index (χ1v) is 7.60. The largest absolute Gasteiger partial charge is 0.497 e. The Kier molecular flexibility index (Phi) is 6.17. The van der Waals surface area contributed by atoms with E-state index in [1.807, 2.05) is 0 Å². The molecule has 25 heavy (non-hydrogen) atoms. The Morgan fingerprint density at radius 1 is 0.960 bits per heavy atom. The molecule has 0 atom stereocenters. The number of hydrogen-bond donors (Lipinski definition) is 2. The van der Waals surface area contributed by atoms with Crippen LogP contribution in [0.25, 0.3) is 6.08 Å². The number of carbonyl (C=O) groups is 2. The molecule has 0 saturated heterocycles. The SMILES string of the molecule is COc1ccc(/C=C/C(=O)Nc2cccc(NC(C)=O)c2)c(OC)c1. The second-order valence-electron chi connectivity index (χ2n) is 5.19. The number of carbonyl (C=O) groups excluding carboxylic acids is 2. The number of benzene rings is 2. The molecule has 0 aliphatic carbocycles. The normalized spacial score (nSPS) is 10.4. The van der Waals surface area contributed by atoms with Crippen LogP contribution in [-0.4, -0.2) is 26.0 Å². The molecule has 2 aromatic carbocycles. The van der Waals surface area contributed by atoms with Crippen molar-refractivity contribution in [2.24, 2.45) is 0 Å². The van der Waals surface area contributed by atoms with E-state index < -0.39 is 0 Å². The summed E-state index contributed by atoms with van der Waals surface area (Å²) in [6.45, 7) is 1.43. The van der Waals surface area contributed by atoms with Crippen molar-refractivity contribution in [2.45, 2.75) is 6.92 Å². The summed E-state index contributed by atoms with van der Waals surface area (Å²) in [4.78, 5) is 23.2. The zero-order chi connectivity index (χ0) is 18.2. The van der Waals surface area contributed by atoms with Gasteiger partial charge in [0, 0.05) is 36.0 Å². The van der Waals surface area contributed by atoms with E-state index in [9.17, 15) is 9.59 Å². The molecule has 6 nitrogen and oxygen atoms in total. The fraction of sp³-hybridized carbons (Fsp3) is 0.158. The molecular weight excluding hydrogens is 320 g/mol. The van der Waals surface area contributed by atoms with E-state index in [4.69, 9.17) is 9.47 Å². The van der Waals surface area contributed by atoms with Gasteiger partial charge in [0.05, 0.1) is 14.2 Å². The van der Waals surface area contributed by atoms with Gasteiger partial charge in [-0.25, -0.2) is 0 Å². The number of hydrogen-bond acceptors (Lipinski definition) is 4. The Labute approximate surface area is 146 Å². The van der Waals surface area contributed by atoms with Crippen LogP contribution in [0.2, 0.25) is 0 Å². The standard InChI is InChI=1S/C19H20N2O4/c1-13(22)20-15-5-4-6-16(11-15)21-19(23)10-8-14-7-9-17(24-2)12-18(14)25-3/h4-12H,1-3H3,(H,20,22)(H,21,23)/b10-8+.